The third kappa shape index (κ3) is 3.01. The van der Waals surface area contributed by atoms with Gasteiger partial charge in [-0.25, -0.2) is 12.7 Å². The Bertz CT molecular complexity index is 452. The van der Waals surface area contributed by atoms with E-state index in [0.29, 0.717) is 37.8 Å². The Morgan fingerprint density at radius 2 is 1.75 bits per heavy atom. The molecule has 116 valence electrons. The molecule has 20 heavy (non-hydrogen) atoms. The minimum absolute atomic E-state index is 0.380. The minimum Gasteiger partial charge on any atom is -0.469 e. The van der Waals surface area contributed by atoms with Gasteiger partial charge in [0.15, 0.2) is 0 Å². The number of sulfonamides is 1. The lowest BCUT2D eigenvalue weighted by molar-refractivity contribution is -0.145. The molecule has 1 heterocycles. The molecule has 0 bridgehead atoms. The molecule has 2 rings (SSSR count). The van der Waals surface area contributed by atoms with Crippen LogP contribution in [0.5, 0.6) is 0 Å². The largest absolute Gasteiger partial charge is 0.469 e. The normalized spacial score (nSPS) is 36.0. The van der Waals surface area contributed by atoms with Crippen LogP contribution >= 0.6 is 0 Å². The standard InChI is InChI=1S/C14H25NO4S/c1-10-7-11(2)9-15(8-10)20(17,18)13-6-4-5-12(13)14(16)19-3/h10-13H,4-9H2,1-3H3. The molecule has 0 radical (unpaired) electrons. The maximum atomic E-state index is 12.8. The minimum atomic E-state index is -3.40. The van der Waals surface area contributed by atoms with E-state index in [1.54, 1.807) is 4.31 Å². The quantitative estimate of drug-likeness (QED) is 0.744. The summed E-state index contributed by atoms with van der Waals surface area (Å²) < 4.78 is 32.0. The third-order valence-corrected chi connectivity index (χ3v) is 6.88. The molecule has 5 nitrogen and oxygen atoms in total. The van der Waals surface area contributed by atoms with Gasteiger partial charge in [-0.3, -0.25) is 4.79 Å². The first-order valence-corrected chi connectivity index (χ1v) is 8.93. The van der Waals surface area contributed by atoms with Gasteiger partial charge in [-0.2, -0.15) is 0 Å². The highest BCUT2D eigenvalue weighted by molar-refractivity contribution is 7.89. The lowest BCUT2D eigenvalue weighted by Crippen LogP contribution is -2.48. The van der Waals surface area contributed by atoms with Crippen LogP contribution in [0.15, 0.2) is 0 Å². The maximum Gasteiger partial charge on any atom is 0.310 e. The van der Waals surface area contributed by atoms with Crippen LogP contribution in [0.25, 0.3) is 0 Å². The highest BCUT2D eigenvalue weighted by Gasteiger charge is 2.45. The van der Waals surface area contributed by atoms with Gasteiger partial charge in [0.05, 0.1) is 18.3 Å². The second-order valence-electron chi connectivity index (χ2n) is 6.41. The summed E-state index contributed by atoms with van der Waals surface area (Å²) >= 11 is 0. The number of rotatable bonds is 3. The van der Waals surface area contributed by atoms with Gasteiger partial charge in [-0.05, 0) is 31.1 Å². The number of methoxy groups -OCH3 is 1. The van der Waals surface area contributed by atoms with Crippen LogP contribution in [0.1, 0.15) is 39.5 Å². The van der Waals surface area contributed by atoms with Gasteiger partial charge in [0.1, 0.15) is 0 Å². The van der Waals surface area contributed by atoms with E-state index in [-0.39, 0.29) is 5.97 Å². The zero-order valence-electron chi connectivity index (χ0n) is 12.5. The molecule has 0 spiro atoms. The SMILES string of the molecule is COC(=O)C1CCCC1S(=O)(=O)N1CC(C)CC(C)C1. The first kappa shape index (κ1) is 15.8. The van der Waals surface area contributed by atoms with E-state index >= 15 is 0 Å². The van der Waals surface area contributed by atoms with Crippen LogP contribution in [0, 0.1) is 17.8 Å². The zero-order chi connectivity index (χ0) is 14.9. The van der Waals surface area contributed by atoms with E-state index in [1.807, 2.05) is 0 Å². The van der Waals surface area contributed by atoms with E-state index in [9.17, 15) is 13.2 Å². The number of hydrogen-bond donors (Lipinski definition) is 0. The summed E-state index contributed by atoms with van der Waals surface area (Å²) in [7, 11) is -2.07. The fourth-order valence-corrected chi connectivity index (χ4v) is 6.14. The summed E-state index contributed by atoms with van der Waals surface area (Å²) in [5.41, 5.74) is 0. The number of esters is 1. The molecule has 1 saturated heterocycles. The molecule has 4 atom stereocenters. The van der Waals surface area contributed by atoms with Crippen molar-refractivity contribution in [2.24, 2.45) is 17.8 Å². The van der Waals surface area contributed by atoms with E-state index in [1.165, 1.54) is 7.11 Å². The molecular formula is C14H25NO4S. The predicted octanol–water partition coefficient (Wildman–Crippen LogP) is 1.64. The van der Waals surface area contributed by atoms with Crippen LogP contribution in [0.3, 0.4) is 0 Å². The highest BCUT2D eigenvalue weighted by Crippen LogP contribution is 2.35. The molecule has 1 aliphatic heterocycles. The summed E-state index contributed by atoms with van der Waals surface area (Å²) in [5.74, 6) is -0.107. The molecule has 4 unspecified atom stereocenters. The van der Waals surface area contributed by atoms with Crippen molar-refractivity contribution in [2.75, 3.05) is 20.2 Å². The lowest BCUT2D eigenvalue weighted by Gasteiger charge is -2.36. The molecule has 6 heteroatoms. The van der Waals surface area contributed by atoms with E-state index in [0.717, 1.165) is 12.8 Å². The molecule has 0 aromatic carbocycles. The van der Waals surface area contributed by atoms with Gasteiger partial charge < -0.3 is 4.74 Å². The molecule has 0 aromatic rings. The van der Waals surface area contributed by atoms with Crippen molar-refractivity contribution >= 4 is 16.0 Å². The van der Waals surface area contributed by atoms with Gasteiger partial charge in [0, 0.05) is 13.1 Å². The zero-order valence-corrected chi connectivity index (χ0v) is 13.4. The number of nitrogens with zero attached hydrogens (tertiary/aromatic N) is 1. The van der Waals surface area contributed by atoms with Crippen molar-refractivity contribution in [1.82, 2.24) is 4.31 Å². The van der Waals surface area contributed by atoms with Crippen LogP contribution in [-0.2, 0) is 19.6 Å². The lowest BCUT2D eigenvalue weighted by atomic mass is 9.94. The Morgan fingerprint density at radius 3 is 2.30 bits per heavy atom. The Hall–Kier alpha value is -0.620. The van der Waals surface area contributed by atoms with Crippen molar-refractivity contribution in [3.63, 3.8) is 0 Å². The van der Waals surface area contributed by atoms with E-state index < -0.39 is 21.2 Å². The Balaban J connectivity index is 2.19. The molecular weight excluding hydrogens is 278 g/mol. The Kier molecular flexibility index (Phi) is 4.74. The molecule has 0 amide bonds. The fraction of sp³-hybridized carbons (Fsp3) is 0.929. The number of hydrogen-bond acceptors (Lipinski definition) is 4. The first-order valence-electron chi connectivity index (χ1n) is 7.43. The molecule has 1 saturated carbocycles. The van der Waals surface area contributed by atoms with E-state index in [4.69, 9.17) is 4.74 Å². The van der Waals surface area contributed by atoms with Gasteiger partial charge in [0.2, 0.25) is 10.0 Å². The number of carbonyl (C=O) groups is 1. The summed E-state index contributed by atoms with van der Waals surface area (Å²) in [6, 6.07) is 0. The maximum absolute atomic E-state index is 12.8. The van der Waals surface area contributed by atoms with E-state index in [2.05, 4.69) is 13.8 Å². The molecule has 0 N–H and O–H groups in total. The average molecular weight is 303 g/mol. The van der Waals surface area contributed by atoms with Crippen molar-refractivity contribution in [3.05, 3.63) is 0 Å². The topological polar surface area (TPSA) is 63.7 Å². The monoisotopic (exact) mass is 303 g/mol. The first-order chi connectivity index (χ1) is 9.36. The predicted molar refractivity (Wildman–Crippen MR) is 76.6 cm³/mol. The average Bonchev–Trinajstić information content (AvgIpc) is 2.86. The van der Waals surface area contributed by atoms with Crippen molar-refractivity contribution in [2.45, 2.75) is 44.8 Å². The smallest absolute Gasteiger partial charge is 0.310 e. The van der Waals surface area contributed by atoms with Crippen LogP contribution in [0.2, 0.25) is 0 Å². The summed E-state index contributed by atoms with van der Waals surface area (Å²) in [4.78, 5) is 11.8. The van der Waals surface area contributed by atoms with Crippen molar-refractivity contribution in [1.29, 1.82) is 0 Å². The molecule has 0 aromatic heterocycles. The van der Waals surface area contributed by atoms with Gasteiger partial charge >= 0.3 is 5.97 Å². The third-order valence-electron chi connectivity index (χ3n) is 4.53. The Morgan fingerprint density at radius 1 is 1.15 bits per heavy atom. The van der Waals surface area contributed by atoms with Crippen molar-refractivity contribution < 1.29 is 17.9 Å². The summed E-state index contributed by atoms with van der Waals surface area (Å²) in [6.07, 6.45) is 3.04. The van der Waals surface area contributed by atoms with Gasteiger partial charge in [0.25, 0.3) is 0 Å². The number of ether oxygens (including phenoxy) is 1. The van der Waals surface area contributed by atoms with Crippen molar-refractivity contribution in [3.8, 4) is 0 Å². The van der Waals surface area contributed by atoms with Gasteiger partial charge in [-0.1, -0.05) is 20.3 Å². The fourth-order valence-electron chi connectivity index (χ4n) is 3.71. The Labute approximate surface area is 121 Å². The number of carbonyl (C=O) groups excluding carboxylic acids is 1. The second-order valence-corrected chi connectivity index (χ2v) is 8.56. The second kappa shape index (κ2) is 6.02. The van der Waals surface area contributed by atoms with Crippen LogP contribution in [-0.4, -0.2) is 44.1 Å². The van der Waals surface area contributed by atoms with Crippen LogP contribution in [0.4, 0.5) is 0 Å². The number of piperidine rings is 1. The molecule has 1 aliphatic carbocycles. The molecule has 2 fully saturated rings. The summed E-state index contributed by atoms with van der Waals surface area (Å²) in [6.45, 7) is 5.34. The summed E-state index contributed by atoms with van der Waals surface area (Å²) in [5, 5.41) is -0.590. The van der Waals surface area contributed by atoms with Crippen LogP contribution < -0.4 is 0 Å². The van der Waals surface area contributed by atoms with Gasteiger partial charge in [-0.15, -0.1) is 0 Å². The highest BCUT2D eigenvalue weighted by atomic mass is 32.2. The molecule has 2 aliphatic rings.